The molecular formula is C19H21ClFN3S. The van der Waals surface area contributed by atoms with Crippen LogP contribution in [0.25, 0.3) is 0 Å². The molecule has 0 aromatic heterocycles. The van der Waals surface area contributed by atoms with Gasteiger partial charge in [0.1, 0.15) is 5.82 Å². The Bertz CT molecular complexity index is 745. The lowest BCUT2D eigenvalue weighted by molar-refractivity contribution is 0.628. The van der Waals surface area contributed by atoms with Crippen LogP contribution in [0, 0.1) is 5.82 Å². The fraction of sp³-hybridized carbons (Fsp3) is 0.316. The van der Waals surface area contributed by atoms with Gasteiger partial charge in [-0.15, -0.1) is 0 Å². The highest BCUT2D eigenvalue weighted by molar-refractivity contribution is 7.80. The maximum absolute atomic E-state index is 13.2. The molecule has 132 valence electrons. The molecular weight excluding hydrogens is 357 g/mol. The van der Waals surface area contributed by atoms with Gasteiger partial charge in [0.2, 0.25) is 0 Å². The minimum Gasteiger partial charge on any atom is -0.372 e. The van der Waals surface area contributed by atoms with Crippen LogP contribution >= 0.6 is 23.8 Å². The molecule has 3 rings (SSSR count). The molecule has 0 bridgehead atoms. The van der Waals surface area contributed by atoms with Crippen molar-refractivity contribution in [3.63, 3.8) is 0 Å². The smallest absolute Gasteiger partial charge is 0.171 e. The van der Waals surface area contributed by atoms with E-state index < -0.39 is 5.82 Å². The summed E-state index contributed by atoms with van der Waals surface area (Å²) in [4.78, 5) is 2.41. The molecule has 0 saturated carbocycles. The first-order chi connectivity index (χ1) is 12.0. The molecule has 2 N–H and O–H groups in total. The summed E-state index contributed by atoms with van der Waals surface area (Å²) >= 11 is 11.1. The maximum Gasteiger partial charge on any atom is 0.171 e. The minimum absolute atomic E-state index is 0.0588. The molecule has 1 unspecified atom stereocenters. The average molecular weight is 378 g/mol. The van der Waals surface area contributed by atoms with Crippen LogP contribution in [0.1, 0.15) is 31.4 Å². The average Bonchev–Trinajstić information content (AvgIpc) is 3.13. The molecule has 1 heterocycles. The van der Waals surface area contributed by atoms with Crippen LogP contribution < -0.4 is 15.5 Å². The normalized spacial score (nSPS) is 15.1. The van der Waals surface area contributed by atoms with Gasteiger partial charge in [-0.1, -0.05) is 23.7 Å². The molecule has 25 heavy (non-hydrogen) atoms. The highest BCUT2D eigenvalue weighted by Gasteiger charge is 2.13. The number of nitrogens with one attached hydrogen (secondary N) is 2. The second kappa shape index (κ2) is 8.02. The molecule has 3 nitrogen and oxygen atoms in total. The molecule has 0 amide bonds. The first-order valence-corrected chi connectivity index (χ1v) is 9.19. The van der Waals surface area contributed by atoms with Crippen molar-refractivity contribution in [3.8, 4) is 0 Å². The Morgan fingerprint density at radius 3 is 2.48 bits per heavy atom. The fourth-order valence-electron chi connectivity index (χ4n) is 2.97. The first kappa shape index (κ1) is 18.0. The van der Waals surface area contributed by atoms with Crippen LogP contribution in [-0.2, 0) is 0 Å². The van der Waals surface area contributed by atoms with Crippen molar-refractivity contribution in [2.75, 3.05) is 23.3 Å². The molecule has 1 atom stereocenters. The number of rotatable bonds is 4. The number of benzene rings is 2. The Morgan fingerprint density at radius 2 is 1.84 bits per heavy atom. The van der Waals surface area contributed by atoms with E-state index in [0.717, 1.165) is 18.7 Å². The molecule has 1 aliphatic rings. The molecule has 6 heteroatoms. The summed E-state index contributed by atoms with van der Waals surface area (Å²) in [5, 5.41) is 6.80. The molecule has 2 aromatic carbocycles. The van der Waals surface area contributed by atoms with E-state index in [4.69, 9.17) is 23.8 Å². The Labute approximate surface area is 158 Å². The van der Waals surface area contributed by atoms with Crippen molar-refractivity contribution in [3.05, 3.63) is 58.9 Å². The summed E-state index contributed by atoms with van der Waals surface area (Å²) in [6, 6.07) is 13.1. The predicted octanol–water partition coefficient (Wildman–Crippen LogP) is 5.13. The van der Waals surface area contributed by atoms with Gasteiger partial charge < -0.3 is 15.5 Å². The summed E-state index contributed by atoms with van der Waals surface area (Å²) < 4.78 is 13.2. The van der Waals surface area contributed by atoms with Crippen LogP contribution in [0.3, 0.4) is 0 Å². The van der Waals surface area contributed by atoms with Crippen molar-refractivity contribution in [1.82, 2.24) is 5.32 Å². The number of hydrogen-bond acceptors (Lipinski definition) is 2. The summed E-state index contributed by atoms with van der Waals surface area (Å²) in [6.07, 6.45) is 2.54. The number of halogens is 2. The number of thiocarbonyl (C=S) groups is 1. The van der Waals surface area contributed by atoms with Crippen LogP contribution in [-0.4, -0.2) is 18.2 Å². The molecule has 1 fully saturated rings. The summed E-state index contributed by atoms with van der Waals surface area (Å²) in [5.41, 5.74) is 3.08. The fourth-order valence-corrected chi connectivity index (χ4v) is 3.45. The van der Waals surface area contributed by atoms with Gasteiger partial charge in [0.15, 0.2) is 5.11 Å². The van der Waals surface area contributed by atoms with Crippen molar-refractivity contribution in [2.24, 2.45) is 0 Å². The van der Waals surface area contributed by atoms with Crippen LogP contribution in [0.15, 0.2) is 42.5 Å². The molecule has 2 aromatic rings. The van der Waals surface area contributed by atoms with E-state index in [1.807, 2.05) is 0 Å². The quantitative estimate of drug-likeness (QED) is 0.722. The SMILES string of the molecule is CC(NC(=S)Nc1ccc(F)c(Cl)c1)c1ccc(N2CCCC2)cc1. The van der Waals surface area contributed by atoms with E-state index in [2.05, 4.69) is 46.7 Å². The van der Waals surface area contributed by atoms with Gasteiger partial charge in [-0.3, -0.25) is 0 Å². The van der Waals surface area contributed by atoms with E-state index in [9.17, 15) is 4.39 Å². The van der Waals surface area contributed by atoms with Gasteiger partial charge in [-0.05, 0) is 67.9 Å². The van der Waals surface area contributed by atoms with Crippen molar-refractivity contribution in [1.29, 1.82) is 0 Å². The Morgan fingerprint density at radius 1 is 1.16 bits per heavy atom. The standard InChI is InChI=1S/C19H21ClFN3S/c1-13(14-4-7-16(8-5-14)24-10-2-3-11-24)22-19(25)23-15-6-9-18(21)17(20)12-15/h4-9,12-13H,2-3,10-11H2,1H3,(H2,22,23,25). The Hall–Kier alpha value is -1.85. The maximum atomic E-state index is 13.2. The Kier molecular flexibility index (Phi) is 5.76. The third kappa shape index (κ3) is 4.61. The molecule has 0 radical (unpaired) electrons. The van der Waals surface area contributed by atoms with E-state index >= 15 is 0 Å². The van der Waals surface area contributed by atoms with Gasteiger partial charge in [0.05, 0.1) is 11.1 Å². The molecule has 0 aliphatic carbocycles. The third-order valence-electron chi connectivity index (χ3n) is 4.39. The van der Waals surface area contributed by atoms with E-state index in [-0.39, 0.29) is 11.1 Å². The van der Waals surface area contributed by atoms with Gasteiger partial charge in [0, 0.05) is 24.5 Å². The van der Waals surface area contributed by atoms with E-state index in [1.165, 1.54) is 30.7 Å². The largest absolute Gasteiger partial charge is 0.372 e. The van der Waals surface area contributed by atoms with Gasteiger partial charge in [-0.25, -0.2) is 4.39 Å². The number of nitrogens with zero attached hydrogens (tertiary/aromatic N) is 1. The summed E-state index contributed by atoms with van der Waals surface area (Å²) in [5.74, 6) is -0.447. The summed E-state index contributed by atoms with van der Waals surface area (Å²) in [7, 11) is 0. The van der Waals surface area contributed by atoms with Gasteiger partial charge in [-0.2, -0.15) is 0 Å². The zero-order valence-electron chi connectivity index (χ0n) is 14.1. The predicted molar refractivity (Wildman–Crippen MR) is 107 cm³/mol. The minimum atomic E-state index is -0.447. The third-order valence-corrected chi connectivity index (χ3v) is 4.90. The number of anilines is 2. The molecule has 1 aliphatic heterocycles. The van der Waals surface area contributed by atoms with Crippen molar-refractivity contribution >= 4 is 40.3 Å². The van der Waals surface area contributed by atoms with Crippen LogP contribution in [0.2, 0.25) is 5.02 Å². The lowest BCUT2D eigenvalue weighted by Crippen LogP contribution is -2.30. The number of hydrogen-bond donors (Lipinski definition) is 2. The van der Waals surface area contributed by atoms with Crippen LogP contribution in [0.4, 0.5) is 15.8 Å². The highest BCUT2D eigenvalue weighted by Crippen LogP contribution is 2.23. The highest BCUT2D eigenvalue weighted by atomic mass is 35.5. The first-order valence-electron chi connectivity index (χ1n) is 8.40. The second-order valence-electron chi connectivity index (χ2n) is 6.23. The zero-order valence-corrected chi connectivity index (χ0v) is 15.6. The molecule has 0 spiro atoms. The van der Waals surface area contributed by atoms with E-state index in [0.29, 0.717) is 10.8 Å². The zero-order chi connectivity index (χ0) is 17.8. The van der Waals surface area contributed by atoms with Gasteiger partial charge >= 0.3 is 0 Å². The van der Waals surface area contributed by atoms with Gasteiger partial charge in [0.25, 0.3) is 0 Å². The Balaban J connectivity index is 1.58. The van der Waals surface area contributed by atoms with Crippen molar-refractivity contribution < 1.29 is 4.39 Å². The second-order valence-corrected chi connectivity index (χ2v) is 7.05. The van der Waals surface area contributed by atoms with Crippen LogP contribution in [0.5, 0.6) is 0 Å². The topological polar surface area (TPSA) is 27.3 Å². The monoisotopic (exact) mass is 377 g/mol. The summed E-state index contributed by atoms with van der Waals surface area (Å²) in [6.45, 7) is 4.33. The molecule has 1 saturated heterocycles. The lowest BCUT2D eigenvalue weighted by Gasteiger charge is -2.20. The lowest BCUT2D eigenvalue weighted by atomic mass is 10.1. The van der Waals surface area contributed by atoms with E-state index in [1.54, 1.807) is 6.07 Å². The van der Waals surface area contributed by atoms with Crippen molar-refractivity contribution in [2.45, 2.75) is 25.8 Å².